The number of halogens is 1. The van der Waals surface area contributed by atoms with Gasteiger partial charge in [-0.1, -0.05) is 0 Å². The molecule has 1 aliphatic heterocycles. The Morgan fingerprint density at radius 2 is 1.87 bits per heavy atom. The maximum Gasteiger partial charge on any atom is 0.244 e. The summed E-state index contributed by atoms with van der Waals surface area (Å²) in [6, 6.07) is 1.73. The van der Waals surface area contributed by atoms with Crippen LogP contribution in [0.4, 0.5) is 0 Å². The highest BCUT2D eigenvalue weighted by Crippen LogP contribution is 2.28. The van der Waals surface area contributed by atoms with Crippen molar-refractivity contribution in [1.29, 1.82) is 0 Å². The number of nitrogens with two attached hydrogens (primary N) is 1. The molecule has 0 aromatic carbocycles. The predicted molar refractivity (Wildman–Crippen MR) is 94.7 cm³/mol. The van der Waals surface area contributed by atoms with Gasteiger partial charge in [0.05, 0.1) is 4.90 Å². The Kier molecular flexibility index (Phi) is 7.47. The molecule has 1 saturated heterocycles. The minimum Gasteiger partial charge on any atom is -0.340 e. The second-order valence-electron chi connectivity index (χ2n) is 5.45. The van der Waals surface area contributed by atoms with Gasteiger partial charge in [0.1, 0.15) is 0 Å². The molecule has 0 bridgehead atoms. The van der Waals surface area contributed by atoms with Crippen molar-refractivity contribution in [1.82, 2.24) is 9.21 Å². The molecule has 1 amide bonds. The van der Waals surface area contributed by atoms with Gasteiger partial charge in [-0.15, -0.1) is 23.7 Å². The number of sulfonamides is 1. The van der Waals surface area contributed by atoms with Crippen LogP contribution in [0.5, 0.6) is 0 Å². The maximum atomic E-state index is 12.7. The van der Waals surface area contributed by atoms with Crippen molar-refractivity contribution in [2.75, 3.05) is 32.7 Å². The van der Waals surface area contributed by atoms with Crippen LogP contribution in [0.2, 0.25) is 0 Å². The third-order valence-electron chi connectivity index (χ3n) is 3.80. The van der Waals surface area contributed by atoms with E-state index in [2.05, 4.69) is 0 Å². The lowest BCUT2D eigenvalue weighted by Gasteiger charge is -2.34. The van der Waals surface area contributed by atoms with Gasteiger partial charge in [0.2, 0.25) is 15.9 Å². The Bertz CT molecular complexity index is 638. The van der Waals surface area contributed by atoms with E-state index in [1.54, 1.807) is 11.0 Å². The quantitative estimate of drug-likeness (QED) is 0.834. The van der Waals surface area contributed by atoms with Crippen LogP contribution >= 0.6 is 23.7 Å². The van der Waals surface area contributed by atoms with Crippen LogP contribution in [0.3, 0.4) is 0 Å². The molecule has 2 rings (SSSR count). The Labute approximate surface area is 148 Å². The van der Waals surface area contributed by atoms with Gasteiger partial charge in [-0.3, -0.25) is 4.79 Å². The van der Waals surface area contributed by atoms with Gasteiger partial charge in [-0.25, -0.2) is 8.42 Å². The molecule has 2 N–H and O–H groups in total. The molecule has 6 nitrogen and oxygen atoms in total. The average Bonchev–Trinajstić information content (AvgIpc) is 2.84. The first-order chi connectivity index (χ1) is 10.4. The highest BCUT2D eigenvalue weighted by molar-refractivity contribution is 7.89. The molecule has 132 valence electrons. The van der Waals surface area contributed by atoms with Gasteiger partial charge in [0, 0.05) is 42.4 Å². The van der Waals surface area contributed by atoms with E-state index < -0.39 is 10.0 Å². The molecule has 23 heavy (non-hydrogen) atoms. The molecule has 1 aromatic rings. The minimum atomic E-state index is -3.45. The van der Waals surface area contributed by atoms with E-state index >= 15 is 0 Å². The minimum absolute atomic E-state index is 0. The zero-order valence-electron chi connectivity index (χ0n) is 13.4. The smallest absolute Gasteiger partial charge is 0.244 e. The van der Waals surface area contributed by atoms with Crippen molar-refractivity contribution < 1.29 is 13.2 Å². The summed E-state index contributed by atoms with van der Waals surface area (Å²) in [7, 11) is -3.45. The van der Waals surface area contributed by atoms with Crippen molar-refractivity contribution >= 4 is 39.7 Å². The van der Waals surface area contributed by atoms with Crippen LogP contribution in [-0.4, -0.2) is 56.3 Å². The van der Waals surface area contributed by atoms with E-state index in [-0.39, 0.29) is 18.3 Å². The first-order valence-electron chi connectivity index (χ1n) is 7.41. The Balaban J connectivity index is 0.00000264. The van der Waals surface area contributed by atoms with Crippen LogP contribution in [0, 0.1) is 13.8 Å². The van der Waals surface area contributed by atoms with Crippen molar-refractivity contribution in [2.45, 2.75) is 31.6 Å². The summed E-state index contributed by atoms with van der Waals surface area (Å²) >= 11 is 1.49. The molecule has 0 spiro atoms. The van der Waals surface area contributed by atoms with Crippen LogP contribution < -0.4 is 5.73 Å². The largest absolute Gasteiger partial charge is 0.340 e. The van der Waals surface area contributed by atoms with E-state index in [0.29, 0.717) is 50.5 Å². The lowest BCUT2D eigenvalue weighted by molar-refractivity contribution is -0.132. The third kappa shape index (κ3) is 4.67. The van der Waals surface area contributed by atoms with Crippen molar-refractivity contribution in [3.05, 3.63) is 15.8 Å². The lowest BCUT2D eigenvalue weighted by Crippen LogP contribution is -2.50. The third-order valence-corrected chi connectivity index (χ3v) is 6.92. The molecular formula is C14H24ClN3O3S2. The number of aryl methyl sites for hydroxylation is 2. The first kappa shape index (κ1) is 20.4. The fourth-order valence-electron chi connectivity index (χ4n) is 2.59. The molecule has 9 heteroatoms. The van der Waals surface area contributed by atoms with E-state index in [1.165, 1.54) is 15.6 Å². The highest BCUT2D eigenvalue weighted by Gasteiger charge is 2.31. The van der Waals surface area contributed by atoms with Crippen LogP contribution in [0.1, 0.15) is 22.6 Å². The number of nitrogens with zero attached hydrogens (tertiary/aromatic N) is 2. The topological polar surface area (TPSA) is 83.7 Å². The molecule has 0 atom stereocenters. The first-order valence-corrected chi connectivity index (χ1v) is 9.67. The summed E-state index contributed by atoms with van der Waals surface area (Å²) in [5.74, 6) is 0.0602. The van der Waals surface area contributed by atoms with Crippen molar-refractivity contribution in [2.24, 2.45) is 5.73 Å². The number of rotatable bonds is 5. The van der Waals surface area contributed by atoms with Gasteiger partial charge in [-0.05, 0) is 32.9 Å². The molecule has 0 unspecified atom stereocenters. The van der Waals surface area contributed by atoms with Gasteiger partial charge in [0.25, 0.3) is 0 Å². The highest BCUT2D eigenvalue weighted by atomic mass is 35.5. The van der Waals surface area contributed by atoms with Gasteiger partial charge < -0.3 is 10.6 Å². The number of thiophene rings is 1. The van der Waals surface area contributed by atoms with E-state index in [0.717, 1.165) is 9.75 Å². The van der Waals surface area contributed by atoms with Crippen molar-refractivity contribution in [3.8, 4) is 0 Å². The average molecular weight is 382 g/mol. The Morgan fingerprint density at radius 3 is 2.35 bits per heavy atom. The molecule has 0 radical (unpaired) electrons. The summed E-state index contributed by atoms with van der Waals surface area (Å²) in [5.41, 5.74) is 5.41. The monoisotopic (exact) mass is 381 g/mol. The molecular weight excluding hydrogens is 358 g/mol. The molecule has 0 saturated carbocycles. The zero-order chi connectivity index (χ0) is 16.3. The normalized spacial score (nSPS) is 16.2. The molecule has 1 fully saturated rings. The number of carbonyl (C=O) groups is 1. The number of carbonyl (C=O) groups excluding carboxylic acids is 1. The molecule has 0 aliphatic carbocycles. The molecule has 2 heterocycles. The summed E-state index contributed by atoms with van der Waals surface area (Å²) in [4.78, 5) is 15.9. The Hall–Kier alpha value is -0.670. The second-order valence-corrected chi connectivity index (χ2v) is 8.82. The van der Waals surface area contributed by atoms with E-state index in [9.17, 15) is 13.2 Å². The van der Waals surface area contributed by atoms with Crippen LogP contribution in [-0.2, 0) is 14.8 Å². The lowest BCUT2D eigenvalue weighted by atomic mass is 10.2. The van der Waals surface area contributed by atoms with Crippen LogP contribution in [0.15, 0.2) is 11.0 Å². The number of hydrogen-bond acceptors (Lipinski definition) is 5. The summed E-state index contributed by atoms with van der Waals surface area (Å²) in [5, 5.41) is 0. The van der Waals surface area contributed by atoms with E-state index in [4.69, 9.17) is 5.73 Å². The van der Waals surface area contributed by atoms with Crippen molar-refractivity contribution in [3.63, 3.8) is 0 Å². The summed E-state index contributed by atoms with van der Waals surface area (Å²) in [6.07, 6.45) is 1.11. The molecule has 1 aliphatic rings. The number of amides is 1. The van der Waals surface area contributed by atoms with Gasteiger partial charge >= 0.3 is 0 Å². The number of piperazine rings is 1. The summed E-state index contributed by atoms with van der Waals surface area (Å²) < 4.78 is 26.8. The van der Waals surface area contributed by atoms with E-state index in [1.807, 2.05) is 13.8 Å². The summed E-state index contributed by atoms with van der Waals surface area (Å²) in [6.45, 7) is 5.84. The van der Waals surface area contributed by atoms with Gasteiger partial charge in [-0.2, -0.15) is 4.31 Å². The Morgan fingerprint density at radius 1 is 1.26 bits per heavy atom. The fourth-order valence-corrected chi connectivity index (χ4v) is 5.54. The SMILES string of the molecule is Cc1cc(S(=O)(=O)N2CCN(C(=O)CCCN)CC2)c(C)s1.Cl. The number of hydrogen-bond donors (Lipinski definition) is 1. The standard InChI is InChI=1S/C14H23N3O3S2.ClH/c1-11-10-13(12(2)21-11)22(19,20)17-8-6-16(7-9-17)14(18)4-3-5-15;/h10H,3-9,15H2,1-2H3;1H. The second kappa shape index (κ2) is 8.43. The maximum absolute atomic E-state index is 12.7. The fraction of sp³-hybridized carbons (Fsp3) is 0.643. The van der Waals surface area contributed by atoms with Gasteiger partial charge in [0.15, 0.2) is 0 Å². The van der Waals surface area contributed by atoms with Crippen LogP contribution in [0.25, 0.3) is 0 Å². The predicted octanol–water partition coefficient (Wildman–Crippen LogP) is 1.36. The molecule has 1 aromatic heterocycles. The zero-order valence-corrected chi connectivity index (χ0v) is 15.9.